The third-order valence-corrected chi connectivity index (χ3v) is 13.1. The predicted octanol–water partition coefficient (Wildman–Crippen LogP) is 15.7. The molecule has 0 aromatic rings. The summed E-state index contributed by atoms with van der Waals surface area (Å²) < 4.78 is 28.4. The SMILES string of the molecule is CC/C=C\C/C=C\C/C=C\C/C=C\CCCCCCC(=O)OC1C(OCC(COC(=O)CCCCCCCC/C=C\C/C=C\C/C=C\CCCCC)OC(=O)CCCCCCC/C=C\CCCC)OC(C(=O)O)C(O)C1O. The van der Waals surface area contributed by atoms with Gasteiger partial charge in [-0.25, -0.2) is 4.79 Å². The van der Waals surface area contributed by atoms with Crippen molar-refractivity contribution in [2.24, 2.45) is 0 Å². The quantitative estimate of drug-likeness (QED) is 0.0228. The maximum absolute atomic E-state index is 13.1. The Morgan fingerprint density at radius 1 is 0.442 bits per heavy atom. The first-order valence-electron chi connectivity index (χ1n) is 30.2. The number of aliphatic hydroxyl groups excluding tert-OH is 2. The molecule has 12 heteroatoms. The molecule has 3 N–H and O–H groups in total. The van der Waals surface area contributed by atoms with Crippen molar-refractivity contribution in [1.82, 2.24) is 0 Å². The Morgan fingerprint density at radius 3 is 1.30 bits per heavy atom. The predicted molar refractivity (Wildman–Crippen MR) is 312 cm³/mol. The van der Waals surface area contributed by atoms with E-state index in [0.29, 0.717) is 19.3 Å². The number of carboxylic acids is 1. The average molecular weight is 1080 g/mol. The molecule has 1 aliphatic heterocycles. The lowest BCUT2D eigenvalue weighted by Gasteiger charge is -2.40. The zero-order valence-corrected chi connectivity index (χ0v) is 48.2. The molecule has 6 atom stereocenters. The highest BCUT2D eigenvalue weighted by Crippen LogP contribution is 2.26. The largest absolute Gasteiger partial charge is 0.479 e. The number of unbranched alkanes of at least 4 members (excludes halogenated alkanes) is 20. The second kappa shape index (κ2) is 52.3. The van der Waals surface area contributed by atoms with Gasteiger partial charge in [0.25, 0.3) is 0 Å². The van der Waals surface area contributed by atoms with Crippen LogP contribution in [0, 0.1) is 0 Å². The topological polar surface area (TPSA) is 175 Å². The molecule has 6 unspecified atom stereocenters. The third-order valence-electron chi connectivity index (χ3n) is 13.1. The lowest BCUT2D eigenvalue weighted by Crippen LogP contribution is -2.61. The summed E-state index contributed by atoms with van der Waals surface area (Å²) >= 11 is 0. The van der Waals surface area contributed by atoms with Crippen LogP contribution in [-0.2, 0) is 42.9 Å². The monoisotopic (exact) mass is 1080 g/mol. The first-order chi connectivity index (χ1) is 37.6. The molecule has 12 nitrogen and oxygen atoms in total. The van der Waals surface area contributed by atoms with Gasteiger partial charge in [0.2, 0.25) is 0 Å². The van der Waals surface area contributed by atoms with Crippen LogP contribution in [0.4, 0.5) is 0 Å². The van der Waals surface area contributed by atoms with E-state index < -0.39 is 67.3 Å². The van der Waals surface area contributed by atoms with Gasteiger partial charge in [-0.3, -0.25) is 14.4 Å². The lowest BCUT2D eigenvalue weighted by molar-refractivity contribution is -0.301. The highest BCUT2D eigenvalue weighted by Gasteiger charge is 2.50. The van der Waals surface area contributed by atoms with Gasteiger partial charge in [0.1, 0.15) is 18.8 Å². The van der Waals surface area contributed by atoms with Crippen molar-refractivity contribution < 1.29 is 58.2 Å². The van der Waals surface area contributed by atoms with Crippen LogP contribution in [0.25, 0.3) is 0 Å². The second-order valence-electron chi connectivity index (χ2n) is 20.2. The van der Waals surface area contributed by atoms with Crippen molar-refractivity contribution in [3.63, 3.8) is 0 Å². The Morgan fingerprint density at radius 2 is 0.831 bits per heavy atom. The number of allylic oxidation sites excluding steroid dienone is 16. The molecule has 0 amide bonds. The first-order valence-corrected chi connectivity index (χ1v) is 30.2. The maximum Gasteiger partial charge on any atom is 0.335 e. The fraction of sp³-hybridized carbons (Fsp3) is 0.692. The second-order valence-corrected chi connectivity index (χ2v) is 20.2. The molecule has 1 heterocycles. The number of carbonyl (C=O) groups excluding carboxylic acids is 3. The van der Waals surface area contributed by atoms with E-state index in [2.05, 4.69) is 118 Å². The van der Waals surface area contributed by atoms with Crippen LogP contribution in [0.2, 0.25) is 0 Å². The number of carboxylic acid groups (broad SMARTS) is 1. The molecule has 77 heavy (non-hydrogen) atoms. The fourth-order valence-electron chi connectivity index (χ4n) is 8.46. The molecule has 438 valence electrons. The highest BCUT2D eigenvalue weighted by molar-refractivity contribution is 5.74. The molecule has 0 radical (unpaired) electrons. The van der Waals surface area contributed by atoms with E-state index in [1.807, 2.05) is 0 Å². The Balaban J connectivity index is 2.68. The molecule has 1 rings (SSSR count). The summed E-state index contributed by atoms with van der Waals surface area (Å²) in [6, 6.07) is 0. The van der Waals surface area contributed by atoms with Gasteiger partial charge in [0.05, 0.1) is 6.61 Å². The van der Waals surface area contributed by atoms with Crippen LogP contribution < -0.4 is 0 Å². The summed E-state index contributed by atoms with van der Waals surface area (Å²) in [7, 11) is 0. The summed E-state index contributed by atoms with van der Waals surface area (Å²) in [5.74, 6) is -3.19. The molecule has 1 aliphatic rings. The van der Waals surface area contributed by atoms with Crippen LogP contribution in [0.1, 0.15) is 239 Å². The Hall–Kier alpha value is -4.36. The number of esters is 3. The molecule has 0 bridgehead atoms. The van der Waals surface area contributed by atoms with E-state index in [-0.39, 0.29) is 25.9 Å². The van der Waals surface area contributed by atoms with E-state index in [1.165, 1.54) is 38.5 Å². The highest BCUT2D eigenvalue weighted by atomic mass is 16.7. The Kier molecular flexibility index (Phi) is 48.0. The summed E-state index contributed by atoms with van der Waals surface area (Å²) in [6.07, 6.45) is 56.6. The third kappa shape index (κ3) is 42.3. The molecular weight excluding hydrogens is 973 g/mol. The summed E-state index contributed by atoms with van der Waals surface area (Å²) in [5.41, 5.74) is 0. The van der Waals surface area contributed by atoms with Crippen LogP contribution >= 0.6 is 0 Å². The van der Waals surface area contributed by atoms with Crippen molar-refractivity contribution in [3.8, 4) is 0 Å². The molecule has 1 fully saturated rings. The minimum Gasteiger partial charge on any atom is -0.479 e. The van der Waals surface area contributed by atoms with Crippen molar-refractivity contribution >= 4 is 23.9 Å². The Labute approximate surface area is 466 Å². The molecule has 0 spiro atoms. The summed E-state index contributed by atoms with van der Waals surface area (Å²) in [5, 5.41) is 31.5. The minimum absolute atomic E-state index is 0.0263. The van der Waals surface area contributed by atoms with Crippen molar-refractivity contribution in [2.45, 2.75) is 276 Å². The number of aliphatic carboxylic acids is 1. The standard InChI is InChI=1S/C65H106O12/c1-4-7-10-13-16-19-22-24-26-28-29-31-32-34-37-39-42-45-48-51-57(66)73-54-56(75-58(67)52-49-46-43-40-36-21-18-15-12-9-6-3)55-74-65-63(61(70)60(69)62(77-65)64(71)72)76-59(68)53-50-47-44-41-38-35-33-30-27-25-23-20-17-14-11-8-5-2/h8,11,15-20,24-27,29,31,33,35,56,60-63,65,69-70H,4-7,9-10,12-14,21-23,28,30,32,34,36-55H2,1-3H3,(H,71,72)/b11-8-,18-15-,19-16-,20-17-,26-24-,27-25-,31-29-,35-33-. The molecule has 1 saturated heterocycles. The zero-order chi connectivity index (χ0) is 56.1. The van der Waals surface area contributed by atoms with E-state index >= 15 is 0 Å². The van der Waals surface area contributed by atoms with Crippen molar-refractivity contribution in [2.75, 3.05) is 13.2 Å². The van der Waals surface area contributed by atoms with Gasteiger partial charge in [-0.15, -0.1) is 0 Å². The lowest BCUT2D eigenvalue weighted by atomic mass is 9.98. The molecule has 0 aliphatic carbocycles. The molecule has 0 aromatic heterocycles. The van der Waals surface area contributed by atoms with Gasteiger partial charge in [-0.05, 0) is 116 Å². The average Bonchev–Trinajstić information content (AvgIpc) is 3.42. The van der Waals surface area contributed by atoms with Crippen molar-refractivity contribution in [1.29, 1.82) is 0 Å². The summed E-state index contributed by atoms with van der Waals surface area (Å²) in [6.45, 7) is 5.78. The number of rotatable bonds is 50. The van der Waals surface area contributed by atoms with Crippen LogP contribution in [0.15, 0.2) is 97.2 Å². The van der Waals surface area contributed by atoms with E-state index in [9.17, 15) is 34.5 Å². The van der Waals surface area contributed by atoms with Gasteiger partial charge >= 0.3 is 23.9 Å². The maximum atomic E-state index is 13.1. The van der Waals surface area contributed by atoms with Gasteiger partial charge < -0.3 is 39.0 Å². The molecular formula is C65H106O12. The van der Waals surface area contributed by atoms with Crippen LogP contribution in [-0.4, -0.2) is 89.2 Å². The number of hydrogen-bond donors (Lipinski definition) is 3. The number of carbonyl (C=O) groups is 4. The van der Waals surface area contributed by atoms with E-state index in [1.54, 1.807) is 0 Å². The Bertz CT molecular complexity index is 1710. The van der Waals surface area contributed by atoms with E-state index in [4.69, 9.17) is 23.7 Å². The number of aliphatic hydroxyl groups is 2. The fourth-order valence-corrected chi connectivity index (χ4v) is 8.46. The van der Waals surface area contributed by atoms with E-state index in [0.717, 1.165) is 141 Å². The van der Waals surface area contributed by atoms with Crippen LogP contribution in [0.3, 0.4) is 0 Å². The first kappa shape index (κ1) is 70.7. The number of hydrogen-bond acceptors (Lipinski definition) is 11. The van der Waals surface area contributed by atoms with Crippen LogP contribution in [0.5, 0.6) is 0 Å². The smallest absolute Gasteiger partial charge is 0.335 e. The molecule has 0 aromatic carbocycles. The van der Waals surface area contributed by atoms with Crippen molar-refractivity contribution in [3.05, 3.63) is 97.2 Å². The van der Waals surface area contributed by atoms with Gasteiger partial charge in [-0.2, -0.15) is 0 Å². The van der Waals surface area contributed by atoms with Gasteiger partial charge in [-0.1, -0.05) is 201 Å². The minimum atomic E-state index is -1.92. The zero-order valence-electron chi connectivity index (χ0n) is 48.2. The normalized spacial score (nSPS) is 18.7. The van der Waals surface area contributed by atoms with Gasteiger partial charge in [0.15, 0.2) is 24.6 Å². The number of ether oxygens (including phenoxy) is 5. The van der Waals surface area contributed by atoms with Gasteiger partial charge in [0, 0.05) is 19.3 Å². The summed E-state index contributed by atoms with van der Waals surface area (Å²) in [4.78, 5) is 51.1. The molecule has 0 saturated carbocycles.